The first-order valence-corrected chi connectivity index (χ1v) is 5.30. The summed E-state index contributed by atoms with van der Waals surface area (Å²) in [5.74, 6) is 0. The lowest BCUT2D eigenvalue weighted by atomic mass is 10.1. The van der Waals surface area contributed by atoms with Crippen LogP contribution in [0.2, 0.25) is 0 Å². The summed E-state index contributed by atoms with van der Waals surface area (Å²) in [6.07, 6.45) is 6.70. The first kappa shape index (κ1) is 11.6. The molecule has 1 nitrogen and oxygen atoms in total. The first-order chi connectivity index (χ1) is 7.36. The minimum Gasteiger partial charge on any atom is -0.502 e. The van der Waals surface area contributed by atoms with Gasteiger partial charge in [0.15, 0.2) is 0 Å². The van der Waals surface area contributed by atoms with Crippen molar-refractivity contribution in [3.05, 3.63) is 54.8 Å². The van der Waals surface area contributed by atoms with E-state index in [1.165, 1.54) is 17.4 Å². The minimum atomic E-state index is 0.772. The second-order valence-electron chi connectivity index (χ2n) is 3.44. The van der Waals surface area contributed by atoms with E-state index in [9.17, 15) is 0 Å². The summed E-state index contributed by atoms with van der Waals surface area (Å²) in [5, 5.41) is 0. The molecule has 15 heavy (non-hydrogen) atoms. The smallest absolute Gasteiger partial charge is 0.0873 e. The van der Waals surface area contributed by atoms with E-state index in [-0.39, 0.29) is 0 Å². The Labute approximate surface area is 92.1 Å². The molecule has 0 aromatic heterocycles. The highest BCUT2D eigenvalue weighted by Gasteiger charge is 1.93. The molecule has 0 atom stereocenters. The Morgan fingerprint density at radius 2 is 1.80 bits per heavy atom. The number of hydrogen-bond donors (Lipinski definition) is 0. The van der Waals surface area contributed by atoms with Crippen LogP contribution in [0.15, 0.2) is 43.7 Å². The molecule has 1 aromatic rings. The van der Waals surface area contributed by atoms with Crippen molar-refractivity contribution in [3.63, 3.8) is 0 Å². The molecule has 0 N–H and O–H groups in total. The fourth-order valence-corrected chi connectivity index (χ4v) is 1.42. The van der Waals surface area contributed by atoms with Crippen LogP contribution in [0.3, 0.4) is 0 Å². The lowest BCUT2D eigenvalue weighted by Gasteiger charge is -2.02. The second-order valence-corrected chi connectivity index (χ2v) is 3.44. The maximum absolute atomic E-state index is 5.06. The van der Waals surface area contributed by atoms with E-state index in [2.05, 4.69) is 37.4 Å². The molecule has 0 aliphatic carbocycles. The van der Waals surface area contributed by atoms with Crippen molar-refractivity contribution < 1.29 is 4.74 Å². The Bertz CT molecular complexity index is 298. The van der Waals surface area contributed by atoms with E-state index < -0.39 is 0 Å². The summed E-state index contributed by atoms with van der Waals surface area (Å²) < 4.78 is 5.06. The molecule has 0 radical (unpaired) electrons. The standard InChI is InChI=1S/C14H18O/c1-3-13-8-10-14(11-9-13)7-5-6-12-15-4-2/h3-4,8-11H,1-2,5-7,12H2. The third-order valence-corrected chi connectivity index (χ3v) is 2.31. The predicted molar refractivity (Wildman–Crippen MR) is 65.6 cm³/mol. The maximum Gasteiger partial charge on any atom is 0.0873 e. The van der Waals surface area contributed by atoms with Crippen LogP contribution in [0.25, 0.3) is 6.08 Å². The van der Waals surface area contributed by atoms with Crippen molar-refractivity contribution >= 4 is 6.08 Å². The van der Waals surface area contributed by atoms with Gasteiger partial charge in [-0.25, -0.2) is 0 Å². The average molecular weight is 202 g/mol. The zero-order valence-electron chi connectivity index (χ0n) is 9.11. The van der Waals surface area contributed by atoms with Gasteiger partial charge in [0.1, 0.15) is 0 Å². The van der Waals surface area contributed by atoms with Crippen molar-refractivity contribution in [2.75, 3.05) is 6.61 Å². The number of unbranched alkanes of at least 4 members (excludes halogenated alkanes) is 1. The Hall–Kier alpha value is -1.50. The molecule has 1 heteroatoms. The highest BCUT2D eigenvalue weighted by Crippen LogP contribution is 2.08. The van der Waals surface area contributed by atoms with Gasteiger partial charge in [0.25, 0.3) is 0 Å². The summed E-state index contributed by atoms with van der Waals surface area (Å²) in [6.45, 7) is 8.01. The van der Waals surface area contributed by atoms with Crippen molar-refractivity contribution in [3.8, 4) is 0 Å². The monoisotopic (exact) mass is 202 g/mol. The van der Waals surface area contributed by atoms with Gasteiger partial charge in [0.2, 0.25) is 0 Å². The van der Waals surface area contributed by atoms with E-state index >= 15 is 0 Å². The second kappa shape index (κ2) is 6.88. The molecule has 0 amide bonds. The van der Waals surface area contributed by atoms with Crippen LogP contribution in [0, 0.1) is 0 Å². The molecule has 0 unspecified atom stereocenters. The summed E-state index contributed by atoms with van der Waals surface area (Å²) in [5.41, 5.74) is 2.55. The van der Waals surface area contributed by atoms with Crippen LogP contribution in [0.5, 0.6) is 0 Å². The third kappa shape index (κ3) is 4.50. The van der Waals surface area contributed by atoms with E-state index in [1.807, 2.05) is 6.08 Å². The number of ether oxygens (including phenoxy) is 1. The van der Waals surface area contributed by atoms with Gasteiger partial charge < -0.3 is 4.74 Å². The molecule has 0 saturated heterocycles. The number of aryl methyl sites for hydroxylation is 1. The highest BCUT2D eigenvalue weighted by molar-refractivity contribution is 5.47. The molecule has 1 rings (SSSR count). The van der Waals surface area contributed by atoms with Crippen LogP contribution < -0.4 is 0 Å². The van der Waals surface area contributed by atoms with Crippen LogP contribution in [0.1, 0.15) is 24.0 Å². The minimum absolute atomic E-state index is 0.772. The lowest BCUT2D eigenvalue weighted by molar-refractivity contribution is 0.243. The number of hydrogen-bond acceptors (Lipinski definition) is 1. The van der Waals surface area contributed by atoms with Gasteiger partial charge in [0.05, 0.1) is 12.9 Å². The molecule has 0 fully saturated rings. The predicted octanol–water partition coefficient (Wildman–Crippen LogP) is 3.81. The highest BCUT2D eigenvalue weighted by atomic mass is 16.5. The van der Waals surface area contributed by atoms with Crippen molar-refractivity contribution in [2.45, 2.75) is 19.3 Å². The first-order valence-electron chi connectivity index (χ1n) is 5.30. The molecular weight excluding hydrogens is 184 g/mol. The largest absolute Gasteiger partial charge is 0.502 e. The number of rotatable bonds is 7. The van der Waals surface area contributed by atoms with Gasteiger partial charge in [-0.1, -0.05) is 43.5 Å². The average Bonchev–Trinajstić information content (AvgIpc) is 2.30. The van der Waals surface area contributed by atoms with E-state index in [1.54, 1.807) is 0 Å². The molecule has 0 spiro atoms. The van der Waals surface area contributed by atoms with Gasteiger partial charge in [-0.15, -0.1) is 0 Å². The maximum atomic E-state index is 5.06. The molecule has 80 valence electrons. The molecule has 0 saturated carbocycles. The zero-order valence-corrected chi connectivity index (χ0v) is 9.11. The Kier molecular flexibility index (Phi) is 5.31. The van der Waals surface area contributed by atoms with Crippen LogP contribution in [-0.4, -0.2) is 6.61 Å². The zero-order chi connectivity index (χ0) is 10.9. The Balaban J connectivity index is 2.25. The summed E-state index contributed by atoms with van der Waals surface area (Å²) in [4.78, 5) is 0. The Morgan fingerprint density at radius 1 is 1.07 bits per heavy atom. The summed E-state index contributed by atoms with van der Waals surface area (Å²) in [7, 11) is 0. The molecule has 0 heterocycles. The van der Waals surface area contributed by atoms with Gasteiger partial charge in [0, 0.05) is 0 Å². The van der Waals surface area contributed by atoms with Crippen molar-refractivity contribution in [1.29, 1.82) is 0 Å². The van der Waals surface area contributed by atoms with Crippen molar-refractivity contribution in [1.82, 2.24) is 0 Å². The topological polar surface area (TPSA) is 9.23 Å². The summed E-state index contributed by atoms with van der Waals surface area (Å²) >= 11 is 0. The van der Waals surface area contributed by atoms with Gasteiger partial charge in [-0.05, 0) is 30.4 Å². The Morgan fingerprint density at radius 3 is 2.40 bits per heavy atom. The van der Waals surface area contributed by atoms with Crippen molar-refractivity contribution in [2.24, 2.45) is 0 Å². The van der Waals surface area contributed by atoms with E-state index in [0.717, 1.165) is 25.9 Å². The van der Waals surface area contributed by atoms with E-state index in [0.29, 0.717) is 0 Å². The molecule has 1 aromatic carbocycles. The van der Waals surface area contributed by atoms with Crippen LogP contribution in [-0.2, 0) is 11.2 Å². The fourth-order valence-electron chi connectivity index (χ4n) is 1.42. The lowest BCUT2D eigenvalue weighted by Crippen LogP contribution is -1.90. The third-order valence-electron chi connectivity index (χ3n) is 2.31. The molecule has 0 bridgehead atoms. The molecule has 0 aliphatic heterocycles. The summed E-state index contributed by atoms with van der Waals surface area (Å²) in [6, 6.07) is 8.52. The molecule has 0 aliphatic rings. The van der Waals surface area contributed by atoms with Crippen LogP contribution in [0.4, 0.5) is 0 Å². The van der Waals surface area contributed by atoms with Gasteiger partial charge in [-0.2, -0.15) is 0 Å². The number of benzene rings is 1. The molecular formula is C14H18O. The quantitative estimate of drug-likeness (QED) is 0.482. The fraction of sp³-hybridized carbons (Fsp3) is 0.286. The van der Waals surface area contributed by atoms with Gasteiger partial charge >= 0.3 is 0 Å². The SMILES string of the molecule is C=COCCCCc1ccc(C=C)cc1. The normalized spacial score (nSPS) is 9.60. The van der Waals surface area contributed by atoms with Crippen LogP contribution >= 0.6 is 0 Å². The van der Waals surface area contributed by atoms with Gasteiger partial charge in [-0.3, -0.25) is 0 Å². The van der Waals surface area contributed by atoms with E-state index in [4.69, 9.17) is 4.74 Å².